The average molecular weight is 923 g/mol. The second-order valence-corrected chi connectivity index (χ2v) is 19.4. The molecule has 5 aliphatic heterocycles. The Morgan fingerprint density at radius 1 is 1.03 bits per heavy atom. The Morgan fingerprint density at radius 3 is 2.38 bits per heavy atom. The molecule has 1 saturated carbocycles. The van der Waals surface area contributed by atoms with Gasteiger partial charge in [0.05, 0.1) is 31.3 Å². The van der Waals surface area contributed by atoms with E-state index in [1.165, 1.54) is 11.8 Å². The summed E-state index contributed by atoms with van der Waals surface area (Å²) in [7, 11) is -3.51. The van der Waals surface area contributed by atoms with Crippen LogP contribution in [0, 0.1) is 17.3 Å². The van der Waals surface area contributed by atoms with E-state index in [9.17, 15) is 34.8 Å². The van der Waals surface area contributed by atoms with Gasteiger partial charge < -0.3 is 44.7 Å². The molecule has 11 atom stereocenters. The monoisotopic (exact) mass is 922 g/mol. The van der Waals surface area contributed by atoms with E-state index < -0.39 is 87.5 Å². The van der Waals surface area contributed by atoms with E-state index in [2.05, 4.69) is 14.8 Å². The number of ketones is 1. The van der Waals surface area contributed by atoms with Gasteiger partial charge >= 0.3 is 22.3 Å². The number of aromatic nitrogens is 1. The number of H-pyrrole nitrogens is 1. The van der Waals surface area contributed by atoms with Crippen molar-refractivity contribution in [3.8, 4) is 0 Å². The van der Waals surface area contributed by atoms with Gasteiger partial charge in [-0.05, 0) is 78.5 Å². The molecule has 19 heteroatoms. The number of hydrogen-bond acceptors (Lipinski definition) is 14. The summed E-state index contributed by atoms with van der Waals surface area (Å²) in [5, 5.41) is 48.5. The fraction of sp³-hybridized carbons (Fsp3) is 0.565. The standard InChI is InChI=1S/C46H56N4O10.H2O4S/c1-5-29-28-20-45(37(56)24-52,38-31(12-16-48(21-28)22-36(29)55)30-10-7-8-11-34(30)47-38)32-19-33-35(18-27(32)23-51)50(25-53)40-44(33)14-17-49-15-9-13-43(6-2,39(44)49)41(60-26(3)54)46(40,58)42(57)59-4;1-5(2,3)4/h7-11,13,18-19,25,28-29,36,39-41,47,51-52,55,58H,5-6,12,14-17,20-24H2,1-4H3;(H2,1,2,3,4)/t28-,29-,36-,39+,40-,41-,43-,44-,45-,46+;/m1./s1. The van der Waals surface area contributed by atoms with Crippen LogP contribution in [0.5, 0.6) is 0 Å². The lowest BCUT2D eigenvalue weighted by Gasteiger charge is -2.63. The van der Waals surface area contributed by atoms with Crippen LogP contribution < -0.4 is 4.90 Å². The summed E-state index contributed by atoms with van der Waals surface area (Å²) < 4.78 is 43.0. The van der Waals surface area contributed by atoms with Crippen LogP contribution in [0.25, 0.3) is 10.9 Å². The smallest absolute Gasteiger partial charge is 0.394 e. The molecule has 352 valence electrons. The molecule has 2 aromatic carbocycles. The zero-order valence-corrected chi connectivity index (χ0v) is 37.7. The number of nitrogens with zero attached hydrogens (tertiary/aromatic N) is 3. The highest BCUT2D eigenvalue weighted by Gasteiger charge is 2.81. The van der Waals surface area contributed by atoms with E-state index in [1.54, 1.807) is 6.07 Å². The number of aliphatic hydroxyl groups is 4. The number of benzene rings is 2. The van der Waals surface area contributed by atoms with Crippen molar-refractivity contribution in [1.82, 2.24) is 14.8 Å². The zero-order valence-electron chi connectivity index (χ0n) is 36.8. The van der Waals surface area contributed by atoms with Crippen LogP contribution in [0.3, 0.4) is 0 Å². The third-order valence-electron chi connectivity index (χ3n) is 15.8. The highest BCUT2D eigenvalue weighted by atomic mass is 32.3. The summed E-state index contributed by atoms with van der Waals surface area (Å²) in [6.07, 6.45) is 4.54. The van der Waals surface area contributed by atoms with Crippen LogP contribution >= 0.6 is 0 Å². The number of rotatable bonds is 9. The molecule has 1 aromatic heterocycles. The van der Waals surface area contributed by atoms with Crippen molar-refractivity contribution < 1.29 is 66.6 Å². The molecule has 6 heterocycles. The van der Waals surface area contributed by atoms with Gasteiger partial charge in [0.15, 0.2) is 11.9 Å². The number of methoxy groups -OCH3 is 1. The summed E-state index contributed by atoms with van der Waals surface area (Å²) >= 11 is 0. The molecule has 2 saturated heterocycles. The molecule has 1 spiro atoms. The summed E-state index contributed by atoms with van der Waals surface area (Å²) in [5.41, 5.74) is -2.37. The molecule has 3 fully saturated rings. The predicted molar refractivity (Wildman–Crippen MR) is 234 cm³/mol. The highest BCUT2D eigenvalue weighted by molar-refractivity contribution is 7.79. The third kappa shape index (κ3) is 6.91. The molecule has 2 bridgehead atoms. The number of aromatic amines is 1. The SMILES string of the molecule is CC[C@@H]1[C@H]2CN(CCc3c([nH]c4ccccc34)[C@@](C(=O)CO)(c3cc4c(cc3CO)N(C=O)[C@H]3[C@@](O)(C(=O)OC)[C@H](OC(C)=O)[C@]5(CC)C=CCN6CC[C@]43[C@@H]65)C2)C[C@H]1O.O=S(=O)(O)O. The summed E-state index contributed by atoms with van der Waals surface area (Å²) in [5.74, 6) is -2.60. The molecule has 7 N–H and O–H groups in total. The molecule has 1 amide bonds. The number of esters is 2. The van der Waals surface area contributed by atoms with Gasteiger partial charge in [-0.2, -0.15) is 8.42 Å². The number of carbonyl (C=O) groups excluding carboxylic acids is 4. The third-order valence-corrected chi connectivity index (χ3v) is 15.8. The quantitative estimate of drug-likeness (QED) is 0.0695. The number of Topliss-reactive ketones (excluding diaryl/α,β-unsaturated/α-hetero) is 1. The zero-order chi connectivity index (χ0) is 47.0. The molecule has 6 aliphatic rings. The second-order valence-electron chi connectivity index (χ2n) is 18.5. The van der Waals surface area contributed by atoms with E-state index in [0.717, 1.165) is 23.6 Å². The maximum Gasteiger partial charge on any atom is 0.394 e. The molecule has 9 rings (SSSR count). The van der Waals surface area contributed by atoms with E-state index >= 15 is 4.79 Å². The molecule has 1 aliphatic carbocycles. The van der Waals surface area contributed by atoms with Crippen molar-refractivity contribution >= 4 is 51.1 Å². The number of carbonyl (C=O) groups is 4. The number of aliphatic hydroxyl groups excluding tert-OH is 3. The Morgan fingerprint density at radius 2 is 1.75 bits per heavy atom. The minimum atomic E-state index is -4.67. The maximum atomic E-state index is 15.3. The first kappa shape index (κ1) is 46.9. The Kier molecular flexibility index (Phi) is 12.2. The van der Waals surface area contributed by atoms with Crippen molar-refractivity contribution in [2.24, 2.45) is 17.3 Å². The van der Waals surface area contributed by atoms with Crippen LogP contribution in [-0.4, -0.2) is 153 Å². The van der Waals surface area contributed by atoms with Gasteiger partial charge in [0, 0.05) is 72.3 Å². The highest BCUT2D eigenvalue weighted by Crippen LogP contribution is 2.68. The predicted octanol–water partition coefficient (Wildman–Crippen LogP) is 1.59. The lowest BCUT2D eigenvalue weighted by Crippen LogP contribution is -2.81. The normalized spacial score (nSPS) is 34.7. The first-order valence-corrected chi connectivity index (χ1v) is 23.5. The van der Waals surface area contributed by atoms with Crippen molar-refractivity contribution in [3.63, 3.8) is 0 Å². The fourth-order valence-corrected chi connectivity index (χ4v) is 13.7. The van der Waals surface area contributed by atoms with Gasteiger partial charge in [0.25, 0.3) is 0 Å². The van der Waals surface area contributed by atoms with Gasteiger partial charge in [-0.1, -0.05) is 56.7 Å². The summed E-state index contributed by atoms with van der Waals surface area (Å²) in [6, 6.07) is 9.64. The van der Waals surface area contributed by atoms with Crippen molar-refractivity contribution in [3.05, 3.63) is 76.5 Å². The van der Waals surface area contributed by atoms with Crippen LogP contribution in [0.4, 0.5) is 5.69 Å². The Balaban J connectivity index is 0.00000109. The van der Waals surface area contributed by atoms with Crippen molar-refractivity contribution in [2.45, 2.75) is 100 Å². The lowest BCUT2D eigenvalue weighted by atomic mass is 9.47. The van der Waals surface area contributed by atoms with Gasteiger partial charge in [-0.3, -0.25) is 28.4 Å². The lowest BCUT2D eigenvalue weighted by molar-refractivity contribution is -0.228. The Labute approximate surface area is 376 Å². The van der Waals surface area contributed by atoms with E-state index in [0.29, 0.717) is 92.9 Å². The Bertz CT molecular complexity index is 2540. The van der Waals surface area contributed by atoms with Gasteiger partial charge in [0.2, 0.25) is 12.0 Å². The number of fused-ring (bicyclic) bond motifs is 6. The fourth-order valence-electron chi connectivity index (χ4n) is 13.7. The number of hydrogen-bond donors (Lipinski definition) is 7. The van der Waals surface area contributed by atoms with Crippen molar-refractivity contribution in [1.29, 1.82) is 0 Å². The van der Waals surface area contributed by atoms with Crippen LogP contribution in [0.1, 0.15) is 74.4 Å². The van der Waals surface area contributed by atoms with E-state index in [4.69, 9.17) is 27.0 Å². The molecule has 1 unspecified atom stereocenters. The Hall–Kier alpha value is -4.57. The number of amides is 1. The number of anilines is 1. The first-order chi connectivity index (χ1) is 30.9. The van der Waals surface area contributed by atoms with E-state index in [-0.39, 0.29) is 18.3 Å². The molecule has 3 aromatic rings. The first-order valence-electron chi connectivity index (χ1n) is 22.1. The minimum absolute atomic E-state index is 0.159. The van der Waals surface area contributed by atoms with E-state index in [1.807, 2.05) is 56.3 Å². The van der Waals surface area contributed by atoms with Gasteiger partial charge in [-0.25, -0.2) is 4.79 Å². The summed E-state index contributed by atoms with van der Waals surface area (Å²) in [4.78, 5) is 65.9. The van der Waals surface area contributed by atoms with Crippen LogP contribution in [-0.2, 0) is 62.9 Å². The topological polar surface area (TPSA) is 268 Å². The molecular weight excluding hydrogens is 865 g/mol. The van der Waals surface area contributed by atoms with Gasteiger partial charge in [0.1, 0.15) is 6.61 Å². The second kappa shape index (κ2) is 16.9. The summed E-state index contributed by atoms with van der Waals surface area (Å²) in [6.45, 7) is 6.65. The van der Waals surface area contributed by atoms with Crippen molar-refractivity contribution in [2.75, 3.05) is 51.3 Å². The number of piperidine rings is 1. The minimum Gasteiger partial charge on any atom is -0.467 e. The number of para-hydroxylation sites is 1. The molecule has 0 radical (unpaired) electrons. The van der Waals surface area contributed by atoms with Gasteiger partial charge in [-0.15, -0.1) is 0 Å². The molecule has 18 nitrogen and oxygen atoms in total. The number of ether oxygens (including phenoxy) is 2. The van der Waals surface area contributed by atoms with Crippen LogP contribution in [0.2, 0.25) is 0 Å². The molecule has 65 heavy (non-hydrogen) atoms. The number of nitrogens with one attached hydrogen (secondary N) is 1. The molecular formula is C46H58N4O14S. The largest absolute Gasteiger partial charge is 0.467 e. The average Bonchev–Trinajstić information content (AvgIpc) is 3.95. The maximum absolute atomic E-state index is 15.3. The van der Waals surface area contributed by atoms with Crippen LogP contribution in [0.15, 0.2) is 48.6 Å².